The van der Waals surface area contributed by atoms with Gasteiger partial charge in [-0.1, -0.05) is 44.2 Å². The van der Waals surface area contributed by atoms with E-state index in [4.69, 9.17) is 0 Å². The van der Waals surface area contributed by atoms with Crippen molar-refractivity contribution in [2.24, 2.45) is 11.8 Å². The summed E-state index contributed by atoms with van der Waals surface area (Å²) in [5, 5.41) is 0. The van der Waals surface area contributed by atoms with Gasteiger partial charge in [0, 0.05) is 43.0 Å². The lowest BCUT2D eigenvalue weighted by molar-refractivity contribution is -0.134. The van der Waals surface area contributed by atoms with Crippen molar-refractivity contribution in [3.05, 3.63) is 47.7 Å². The maximum atomic E-state index is 12.8. The first-order valence-electron chi connectivity index (χ1n) is 9.91. The van der Waals surface area contributed by atoms with Crippen LogP contribution in [0.25, 0.3) is 11.3 Å². The highest BCUT2D eigenvalue weighted by Crippen LogP contribution is 2.27. The summed E-state index contributed by atoms with van der Waals surface area (Å²) >= 11 is 0. The van der Waals surface area contributed by atoms with Crippen LogP contribution >= 0.6 is 0 Å². The maximum absolute atomic E-state index is 12.8. The molecule has 1 saturated heterocycles. The molecule has 2 aromatic rings. The van der Waals surface area contributed by atoms with Crippen molar-refractivity contribution in [1.29, 1.82) is 0 Å². The summed E-state index contributed by atoms with van der Waals surface area (Å²) in [6.07, 6.45) is 1.66. The smallest absolute Gasteiger partial charge is 0.224 e. The van der Waals surface area contributed by atoms with Gasteiger partial charge in [-0.05, 0) is 43.7 Å². The van der Waals surface area contributed by atoms with Crippen LogP contribution in [0.2, 0.25) is 0 Å². The van der Waals surface area contributed by atoms with Crippen molar-refractivity contribution in [3.63, 3.8) is 0 Å². The molecule has 4 nitrogen and oxygen atoms in total. The largest absolute Gasteiger partial charge is 0.344 e. The quantitative estimate of drug-likeness (QED) is 0.728. The number of rotatable bonds is 5. The molecular weight excluding hydrogens is 336 g/mol. The molecule has 1 aromatic carbocycles. The molecule has 27 heavy (non-hydrogen) atoms. The molecule has 3 rings (SSSR count). The highest BCUT2D eigenvalue weighted by Gasteiger charge is 2.25. The van der Waals surface area contributed by atoms with Gasteiger partial charge in [0.05, 0.1) is 0 Å². The van der Waals surface area contributed by atoms with E-state index in [1.807, 2.05) is 48.2 Å². The van der Waals surface area contributed by atoms with E-state index in [2.05, 4.69) is 18.4 Å². The number of carbonyl (C=O) groups is 2. The second-order valence-corrected chi connectivity index (χ2v) is 8.10. The number of ketones is 1. The van der Waals surface area contributed by atoms with Crippen LogP contribution in [-0.4, -0.2) is 34.2 Å². The summed E-state index contributed by atoms with van der Waals surface area (Å²) in [6.45, 7) is 10.3. The summed E-state index contributed by atoms with van der Waals surface area (Å²) in [6, 6.07) is 12.0. The number of piperidine rings is 1. The third kappa shape index (κ3) is 4.32. The predicted molar refractivity (Wildman–Crippen MR) is 109 cm³/mol. The van der Waals surface area contributed by atoms with Gasteiger partial charge in [-0.25, -0.2) is 0 Å². The molecule has 1 aliphatic heterocycles. The molecule has 2 atom stereocenters. The van der Waals surface area contributed by atoms with Gasteiger partial charge in [0.15, 0.2) is 5.78 Å². The fraction of sp³-hybridized carbons (Fsp3) is 0.478. The first kappa shape index (κ1) is 19.4. The Morgan fingerprint density at radius 2 is 1.70 bits per heavy atom. The van der Waals surface area contributed by atoms with Gasteiger partial charge in [-0.2, -0.15) is 0 Å². The van der Waals surface area contributed by atoms with E-state index in [-0.39, 0.29) is 11.7 Å². The fourth-order valence-corrected chi connectivity index (χ4v) is 4.37. The Morgan fingerprint density at radius 3 is 2.30 bits per heavy atom. The number of benzene rings is 1. The molecule has 0 N–H and O–H groups in total. The van der Waals surface area contributed by atoms with E-state index >= 15 is 0 Å². The Hall–Kier alpha value is -2.36. The summed E-state index contributed by atoms with van der Waals surface area (Å²) in [5.74, 6) is 1.41. The SMILES string of the molecule is CC(=O)c1cc(-c2ccccc2)n(CCC(=O)N2C[C@H](C)C[C@H](C)C2)c1C. The van der Waals surface area contributed by atoms with Crippen LogP contribution in [0.1, 0.15) is 49.7 Å². The first-order chi connectivity index (χ1) is 12.9. The van der Waals surface area contributed by atoms with Gasteiger partial charge >= 0.3 is 0 Å². The molecule has 144 valence electrons. The van der Waals surface area contributed by atoms with Gasteiger partial charge in [0.2, 0.25) is 5.91 Å². The first-order valence-corrected chi connectivity index (χ1v) is 9.91. The molecule has 0 bridgehead atoms. The van der Waals surface area contributed by atoms with E-state index in [1.165, 1.54) is 6.42 Å². The van der Waals surface area contributed by atoms with Crippen LogP contribution < -0.4 is 0 Å². The lowest BCUT2D eigenvalue weighted by Crippen LogP contribution is -2.42. The topological polar surface area (TPSA) is 42.3 Å². The number of likely N-dealkylation sites (tertiary alicyclic amines) is 1. The molecular formula is C23H30N2O2. The minimum atomic E-state index is 0.0634. The Morgan fingerprint density at radius 1 is 1.07 bits per heavy atom. The standard InChI is InChI=1S/C23H30N2O2/c1-16-12-17(2)15-24(14-16)23(27)10-11-25-18(3)21(19(4)26)13-22(25)20-8-6-5-7-9-20/h5-9,13,16-17H,10-12,14-15H2,1-4H3/t16-,17+. The van der Waals surface area contributed by atoms with Crippen molar-refractivity contribution in [1.82, 2.24) is 9.47 Å². The van der Waals surface area contributed by atoms with E-state index in [1.54, 1.807) is 6.92 Å². The van der Waals surface area contributed by atoms with Crippen molar-refractivity contribution in [2.45, 2.75) is 47.1 Å². The Labute approximate surface area is 162 Å². The predicted octanol–water partition coefficient (Wildman–Crippen LogP) is 4.56. The van der Waals surface area contributed by atoms with Crippen LogP contribution in [0.3, 0.4) is 0 Å². The maximum Gasteiger partial charge on any atom is 0.224 e. The molecule has 1 amide bonds. The van der Waals surface area contributed by atoms with Crippen molar-refractivity contribution < 1.29 is 9.59 Å². The number of Topliss-reactive ketones (excluding diaryl/α,β-unsaturated/α-hetero) is 1. The average Bonchev–Trinajstić information content (AvgIpc) is 2.96. The summed E-state index contributed by atoms with van der Waals surface area (Å²) in [7, 11) is 0. The lowest BCUT2D eigenvalue weighted by Gasteiger charge is -2.35. The molecule has 4 heteroatoms. The second kappa shape index (κ2) is 8.12. The van der Waals surface area contributed by atoms with Crippen molar-refractivity contribution in [3.8, 4) is 11.3 Å². The number of amides is 1. The normalized spacial score (nSPS) is 19.9. The Kier molecular flexibility index (Phi) is 5.83. The lowest BCUT2D eigenvalue weighted by atomic mass is 9.92. The number of carbonyl (C=O) groups excluding carboxylic acids is 2. The molecule has 0 spiro atoms. The second-order valence-electron chi connectivity index (χ2n) is 8.10. The molecule has 0 radical (unpaired) electrons. The van der Waals surface area contributed by atoms with Crippen LogP contribution in [0.5, 0.6) is 0 Å². The molecule has 0 aliphatic carbocycles. The third-order valence-corrected chi connectivity index (χ3v) is 5.59. The monoisotopic (exact) mass is 366 g/mol. The highest BCUT2D eigenvalue weighted by atomic mass is 16.2. The summed E-state index contributed by atoms with van der Waals surface area (Å²) < 4.78 is 2.13. The molecule has 1 aliphatic rings. The van der Waals surface area contributed by atoms with E-state index in [0.717, 1.165) is 35.6 Å². The van der Waals surface area contributed by atoms with E-state index in [0.29, 0.717) is 24.8 Å². The number of nitrogens with zero attached hydrogens (tertiary/aromatic N) is 2. The summed E-state index contributed by atoms with van der Waals surface area (Å²) in [4.78, 5) is 26.9. The Balaban J connectivity index is 1.81. The third-order valence-electron chi connectivity index (χ3n) is 5.59. The molecule has 0 saturated carbocycles. The van der Waals surface area contributed by atoms with Crippen LogP contribution in [0.15, 0.2) is 36.4 Å². The molecule has 1 aromatic heterocycles. The van der Waals surface area contributed by atoms with E-state index in [9.17, 15) is 9.59 Å². The fourth-order valence-electron chi connectivity index (χ4n) is 4.37. The number of aromatic nitrogens is 1. The van der Waals surface area contributed by atoms with Crippen LogP contribution in [-0.2, 0) is 11.3 Å². The van der Waals surface area contributed by atoms with Gasteiger partial charge in [-0.3, -0.25) is 9.59 Å². The zero-order chi connectivity index (χ0) is 19.6. The Bertz CT molecular complexity index is 812. The van der Waals surface area contributed by atoms with Crippen LogP contribution in [0, 0.1) is 18.8 Å². The molecule has 2 heterocycles. The highest BCUT2D eigenvalue weighted by molar-refractivity contribution is 5.96. The van der Waals surface area contributed by atoms with Gasteiger partial charge in [0.1, 0.15) is 0 Å². The summed E-state index contributed by atoms with van der Waals surface area (Å²) in [5.41, 5.74) is 3.75. The van der Waals surface area contributed by atoms with Gasteiger partial charge in [-0.15, -0.1) is 0 Å². The van der Waals surface area contributed by atoms with E-state index < -0.39 is 0 Å². The van der Waals surface area contributed by atoms with Crippen LogP contribution in [0.4, 0.5) is 0 Å². The van der Waals surface area contributed by atoms with Crippen molar-refractivity contribution >= 4 is 11.7 Å². The zero-order valence-corrected chi connectivity index (χ0v) is 16.9. The zero-order valence-electron chi connectivity index (χ0n) is 16.9. The van der Waals surface area contributed by atoms with Gasteiger partial charge < -0.3 is 9.47 Å². The van der Waals surface area contributed by atoms with Gasteiger partial charge in [0.25, 0.3) is 0 Å². The minimum Gasteiger partial charge on any atom is -0.344 e. The molecule has 1 fully saturated rings. The number of hydrogen-bond acceptors (Lipinski definition) is 2. The number of hydrogen-bond donors (Lipinski definition) is 0. The average molecular weight is 367 g/mol. The van der Waals surface area contributed by atoms with Crippen molar-refractivity contribution in [2.75, 3.05) is 13.1 Å². The minimum absolute atomic E-state index is 0.0634. The molecule has 0 unspecified atom stereocenters.